The molecule has 0 N–H and O–H groups in total. The molecule has 8 aliphatic carbocycles. The molecule has 0 amide bonds. The number of hydrogen-bond donors (Lipinski definition) is 0. The zero-order valence-corrected chi connectivity index (χ0v) is 90.1. The van der Waals surface area contributed by atoms with Gasteiger partial charge in [0, 0.05) is 0 Å². The lowest BCUT2D eigenvalue weighted by Gasteiger charge is -2.26. The molecule has 136 heavy (non-hydrogen) atoms. The number of allylic oxidation sites excluding steroid dienone is 2. The van der Waals surface area contributed by atoms with Crippen LogP contribution in [0.4, 0.5) is 0 Å². The van der Waals surface area contributed by atoms with E-state index in [4.69, 9.17) is 0 Å². The quantitative estimate of drug-likeness (QED) is 0.0455. The van der Waals surface area contributed by atoms with E-state index in [1.165, 1.54) is 49.7 Å². The van der Waals surface area contributed by atoms with Crippen molar-refractivity contribution in [2.24, 2.45) is 71.0 Å². The van der Waals surface area contributed by atoms with Crippen LogP contribution < -0.4 is 0 Å². The Kier molecular flexibility index (Phi) is 35.0. The van der Waals surface area contributed by atoms with E-state index in [1.54, 1.807) is 158 Å². The molecule has 5 unspecified atom stereocenters. The van der Waals surface area contributed by atoms with Crippen LogP contribution >= 0.6 is 11.8 Å². The lowest BCUT2D eigenvalue weighted by atomic mass is 9.98. The van der Waals surface area contributed by atoms with Crippen LogP contribution in [-0.4, -0.2) is 132 Å². The van der Waals surface area contributed by atoms with Crippen molar-refractivity contribution in [3.63, 3.8) is 0 Å². The molecule has 18 rings (SSSR count). The van der Waals surface area contributed by atoms with Gasteiger partial charge in [-0.05, 0) is 326 Å². The van der Waals surface area contributed by atoms with Crippen molar-refractivity contribution in [2.45, 2.75) is 280 Å². The first-order valence-electron chi connectivity index (χ1n) is 48.2. The summed E-state index contributed by atoms with van der Waals surface area (Å²) < 4.78 is 196. The van der Waals surface area contributed by atoms with Crippen molar-refractivity contribution in [3.05, 3.63) is 289 Å². The van der Waals surface area contributed by atoms with Crippen LogP contribution in [0.15, 0.2) is 306 Å². The monoisotopic (exact) mass is 2020 g/mol. The van der Waals surface area contributed by atoms with Gasteiger partial charge in [0.25, 0.3) is 0 Å². The lowest BCUT2D eigenvalue weighted by molar-refractivity contribution is 0.223. The summed E-state index contributed by atoms with van der Waals surface area (Å²) >= 11 is 1.47. The van der Waals surface area contributed by atoms with Gasteiger partial charge in [0.15, 0.2) is 78.7 Å². The van der Waals surface area contributed by atoms with Gasteiger partial charge in [0.05, 0.1) is 69.2 Å². The minimum atomic E-state index is -3.38. The van der Waals surface area contributed by atoms with Crippen LogP contribution in [0.2, 0.25) is 0 Å². The minimum Gasteiger partial charge on any atom is -0.303 e. The Balaban J connectivity index is 0.000000150. The third kappa shape index (κ3) is 23.5. The molecule has 9 aliphatic rings. The Morgan fingerprint density at radius 3 is 1.01 bits per heavy atom. The fraction of sp³-hybridized carbons (Fsp3) is 0.491. The molecule has 8 saturated carbocycles. The van der Waals surface area contributed by atoms with Crippen LogP contribution in [0.25, 0.3) is 0 Å². The third-order valence-corrected chi connectivity index (χ3v) is 54.1. The summed E-state index contributed by atoms with van der Waals surface area (Å²) in [5, 5.41) is -0.411. The van der Waals surface area contributed by atoms with E-state index < -0.39 is 102 Å². The highest BCUT2D eigenvalue weighted by molar-refractivity contribution is 8.14. The number of benzene rings is 9. The van der Waals surface area contributed by atoms with Gasteiger partial charge in [-0.2, -0.15) is 0 Å². The normalized spacial score (nSPS) is 29.0. The molecule has 1 heterocycles. The van der Waals surface area contributed by atoms with E-state index in [0.29, 0.717) is 62.8 Å². The maximum atomic E-state index is 13.1. The zero-order chi connectivity index (χ0) is 100.0. The van der Waals surface area contributed by atoms with Gasteiger partial charge in [-0.25, -0.2) is 67.3 Å². The summed E-state index contributed by atoms with van der Waals surface area (Å²) in [7, 11) is -25.2. The van der Waals surface area contributed by atoms with Crippen molar-refractivity contribution in [1.82, 2.24) is 4.90 Å². The van der Waals surface area contributed by atoms with Crippen LogP contribution in [0.3, 0.4) is 0 Å². The van der Waals surface area contributed by atoms with E-state index in [0.717, 1.165) is 86.6 Å². The summed E-state index contributed by atoms with van der Waals surface area (Å²) in [6.45, 7) is 39.4. The molecule has 0 radical (unpaired) electrons. The first-order chi connectivity index (χ1) is 63.8. The summed E-state index contributed by atoms with van der Waals surface area (Å²) in [4.78, 5) is 6.16. The molecule has 0 bridgehead atoms. The van der Waals surface area contributed by atoms with Crippen molar-refractivity contribution < 1.29 is 67.3 Å². The molecular formula is C110H145NO16S9. The Morgan fingerprint density at radius 2 is 0.684 bits per heavy atom. The summed E-state index contributed by atoms with van der Waals surface area (Å²) in [6.07, 6.45) is 16.5. The Bertz CT molecular complexity index is 6420. The fourth-order valence-corrected chi connectivity index (χ4v) is 39.3. The molecule has 9 aromatic rings. The van der Waals surface area contributed by atoms with Gasteiger partial charge in [-0.3, -0.25) is 0 Å². The molecule has 1 saturated heterocycles. The second kappa shape index (κ2) is 43.6. The molecule has 740 valence electrons. The molecular weight excluding hydrogens is 1880 g/mol. The van der Waals surface area contributed by atoms with Gasteiger partial charge in [-0.1, -0.05) is 262 Å². The average Bonchev–Trinajstić information content (AvgIpc) is 1.51. The molecule has 9 aromatic carbocycles. The fourth-order valence-electron chi connectivity index (χ4n) is 19.7. The SMILES string of the molecule is CC(C)=CCC[C@H](C)CC1C[C@H]1S(=O)(=O)c1ccccc1.CSC1(S(=O)(=O)c2ccc(C)cc2)[C@H](C)[C@@H]1C.C[C@@H]1[C@H](C)C1(c1ccccc1)S(=O)(=O)c1ccccc1.C[C@H]1C[C@]1(C)S(=O)(=O)c1ccccc1.C[C@H]1C[C@]1(C)S(=O)(=O)c1ccccc1.Cc1ccc(S(=O)(=O)C2(C)[C@H](C)[C@@H]2C)cc1.Cc1ccc(S(=O)(=O)C2C[C@H]2C)cc1.O=S(=O)(c1ccccc1)[C@@H]1C[C@H]1CCN1CCCCC1. The number of piperidine rings is 1. The van der Waals surface area contributed by atoms with Crippen molar-refractivity contribution in [2.75, 3.05) is 25.9 Å². The number of likely N-dealkylation sites (tertiary alicyclic amines) is 1. The van der Waals surface area contributed by atoms with Crippen molar-refractivity contribution in [1.29, 1.82) is 0 Å². The first kappa shape index (κ1) is 109. The van der Waals surface area contributed by atoms with Gasteiger partial charge in [0.1, 0.15) is 8.83 Å². The van der Waals surface area contributed by atoms with Gasteiger partial charge in [-0.15, -0.1) is 11.8 Å². The Morgan fingerprint density at radius 1 is 0.375 bits per heavy atom. The molecule has 17 nitrogen and oxygen atoms in total. The van der Waals surface area contributed by atoms with E-state index in [2.05, 4.69) is 31.7 Å². The molecule has 20 atom stereocenters. The average molecular weight is 2030 g/mol. The Labute approximate surface area is 821 Å². The van der Waals surface area contributed by atoms with Crippen molar-refractivity contribution >= 4 is 90.5 Å². The first-order valence-corrected chi connectivity index (χ1v) is 61.4. The van der Waals surface area contributed by atoms with E-state index in [9.17, 15) is 67.3 Å². The number of hydrogen-bond acceptors (Lipinski definition) is 18. The predicted molar refractivity (Wildman–Crippen MR) is 554 cm³/mol. The topological polar surface area (TPSA) is 276 Å². The summed E-state index contributed by atoms with van der Waals surface area (Å²) in [5.41, 5.74) is 5.52. The maximum absolute atomic E-state index is 13.1. The number of sulfone groups is 8. The van der Waals surface area contributed by atoms with Gasteiger partial charge >= 0.3 is 0 Å². The van der Waals surface area contributed by atoms with Crippen LogP contribution in [0.5, 0.6) is 0 Å². The van der Waals surface area contributed by atoms with Crippen LogP contribution in [-0.2, 0) is 83.4 Å². The second-order valence-corrected chi connectivity index (χ2v) is 60.0. The van der Waals surface area contributed by atoms with Gasteiger partial charge < -0.3 is 4.90 Å². The number of aryl methyl sites for hydroxylation is 3. The van der Waals surface area contributed by atoms with E-state index in [-0.39, 0.29) is 63.1 Å². The van der Waals surface area contributed by atoms with E-state index in [1.807, 2.05) is 207 Å². The molecule has 26 heteroatoms. The Hall–Kier alpha value is -7.37. The highest BCUT2D eigenvalue weighted by Crippen LogP contribution is 2.66. The number of nitrogens with zero attached hydrogens (tertiary/aromatic N) is 1. The minimum absolute atomic E-state index is 0.130. The molecule has 0 spiro atoms. The zero-order valence-electron chi connectivity index (χ0n) is 82.7. The van der Waals surface area contributed by atoms with E-state index >= 15 is 0 Å². The maximum Gasteiger partial charge on any atom is 0.193 e. The molecule has 0 aromatic heterocycles. The second-order valence-electron chi connectivity index (χ2n) is 40.7. The van der Waals surface area contributed by atoms with Gasteiger partial charge in [0.2, 0.25) is 0 Å². The standard InChI is InChI=1S/C18H26O2S.C17H18O2S.C16H23NO2S.C13H18O2S2.C13H18O2S.3C11H14O2S/c1-14(2)8-7-9-15(3)12-16-13-18(16)21(19,20)17-10-5-4-6-11-17;1-13-14(2)17(13,15-9-5-3-6-10-15)20(18,19)16-11-7-4-8-12-16;18-20(19,15-7-3-1-4-8-15)16-13-14(16)9-12-17-10-5-2-6-11-17;1-9-5-7-12(8-6-9)17(14,15)13(16-4)10(2)11(13)3;1-9-5-7-12(8-6-9)16(14,15)13(4)10(2)11(13)3;1-8-3-5-10(6-4-8)14(12,13)11-7-9(11)2;2*1-9-8-11(9,2)14(12,13)10-6-4-3-5-7-10/h4-6,8,10-11,15-16,18H,7,9,12-13H2,1-3H3;3-14H,1-2H3;1,3-4,7-8,14,16H,2,5-6,9-13H2;5-8,10-11H,1-4H3;5-8,10-11H,1-4H3;3-6,9,11H,7H2,1-2H3;2*3-7,9H,8H2,1-2H3/t15-,16?,18+;13-,14+,17?;14-,16-;2*10-,11+,13?;9-,11?;2*9-,11-/m0.1..100/s1. The molecule has 1 aliphatic heterocycles. The number of thioether (sulfide) groups is 1. The lowest BCUT2D eigenvalue weighted by Crippen LogP contribution is -2.31. The molecule has 9 fully saturated rings. The smallest absolute Gasteiger partial charge is 0.193 e. The number of rotatable bonds is 26. The predicted octanol–water partition coefficient (Wildman–Crippen LogP) is 23.6. The highest BCUT2D eigenvalue weighted by atomic mass is 32.3. The van der Waals surface area contributed by atoms with Crippen LogP contribution in [0, 0.1) is 91.8 Å². The van der Waals surface area contributed by atoms with Crippen molar-refractivity contribution in [3.8, 4) is 0 Å². The summed E-state index contributed by atoms with van der Waals surface area (Å²) in [6, 6.07) is 75.0. The summed E-state index contributed by atoms with van der Waals surface area (Å²) in [5.74, 6) is 3.46. The van der Waals surface area contributed by atoms with Crippen LogP contribution in [0.1, 0.15) is 203 Å². The largest absolute Gasteiger partial charge is 0.303 e. The highest BCUT2D eigenvalue weighted by Gasteiger charge is 2.70. The third-order valence-electron chi connectivity index (χ3n) is 31.2.